The highest BCUT2D eigenvalue weighted by atomic mass is 16.5. The van der Waals surface area contributed by atoms with E-state index in [9.17, 15) is 9.59 Å². The third-order valence-electron chi connectivity index (χ3n) is 4.48. The van der Waals surface area contributed by atoms with Gasteiger partial charge in [-0.2, -0.15) is 0 Å². The van der Waals surface area contributed by atoms with Crippen molar-refractivity contribution < 1.29 is 19.4 Å². The molecule has 0 spiro atoms. The van der Waals surface area contributed by atoms with Crippen molar-refractivity contribution in [2.24, 2.45) is 5.41 Å². The highest BCUT2D eigenvalue weighted by Gasteiger charge is 2.44. The second kappa shape index (κ2) is 5.83. The van der Waals surface area contributed by atoms with Gasteiger partial charge in [-0.3, -0.25) is 0 Å². The van der Waals surface area contributed by atoms with E-state index in [1.165, 1.54) is 0 Å². The highest BCUT2D eigenvalue weighted by molar-refractivity contribution is 5.76. The van der Waals surface area contributed by atoms with Gasteiger partial charge in [0, 0.05) is 13.1 Å². The first-order valence-corrected chi connectivity index (χ1v) is 7.60. The highest BCUT2D eigenvalue weighted by Crippen LogP contribution is 2.31. The van der Waals surface area contributed by atoms with Crippen LogP contribution in [0.25, 0.3) is 0 Å². The minimum Gasteiger partial charge on any atom is -0.480 e. The molecule has 21 heavy (non-hydrogen) atoms. The first kappa shape index (κ1) is 16.1. The molecule has 0 radical (unpaired) electrons. The summed E-state index contributed by atoms with van der Waals surface area (Å²) in [6.07, 6.45) is 3.22. The summed E-state index contributed by atoms with van der Waals surface area (Å²) < 4.78 is 5.34. The lowest BCUT2D eigenvalue weighted by Crippen LogP contribution is -2.65. The zero-order valence-electron chi connectivity index (χ0n) is 13.2. The molecule has 2 aliphatic heterocycles. The molecule has 6 nitrogen and oxygen atoms in total. The molecular formula is C15H26N2O4. The summed E-state index contributed by atoms with van der Waals surface area (Å²) in [5.41, 5.74) is -0.206. The maximum Gasteiger partial charge on any atom is 0.329 e. The number of aliphatic carboxylic acids is 1. The quantitative estimate of drug-likeness (QED) is 0.862. The third-order valence-corrected chi connectivity index (χ3v) is 4.48. The third kappa shape index (κ3) is 4.09. The van der Waals surface area contributed by atoms with E-state index in [1.54, 1.807) is 4.90 Å². The predicted molar refractivity (Wildman–Crippen MR) is 78.2 cm³/mol. The number of urea groups is 1. The van der Waals surface area contributed by atoms with Crippen LogP contribution in [0.5, 0.6) is 0 Å². The van der Waals surface area contributed by atoms with Crippen molar-refractivity contribution in [3.63, 3.8) is 0 Å². The fraction of sp³-hybridized carbons (Fsp3) is 0.867. The van der Waals surface area contributed by atoms with Gasteiger partial charge in [0.2, 0.25) is 0 Å². The van der Waals surface area contributed by atoms with Gasteiger partial charge in [0.1, 0.15) is 12.2 Å². The Kier molecular flexibility index (Phi) is 4.46. The van der Waals surface area contributed by atoms with E-state index >= 15 is 0 Å². The van der Waals surface area contributed by atoms with Crippen molar-refractivity contribution >= 4 is 12.0 Å². The molecule has 0 saturated carbocycles. The zero-order chi connectivity index (χ0) is 15.7. The van der Waals surface area contributed by atoms with Crippen molar-refractivity contribution in [1.82, 2.24) is 9.80 Å². The summed E-state index contributed by atoms with van der Waals surface area (Å²) in [5.74, 6) is -0.976. The number of hydrogen-bond donors (Lipinski definition) is 1. The first-order valence-electron chi connectivity index (χ1n) is 7.60. The number of amides is 2. The number of rotatable bonds is 3. The normalized spacial score (nSPS) is 24.1. The van der Waals surface area contributed by atoms with Gasteiger partial charge in [0.15, 0.2) is 0 Å². The van der Waals surface area contributed by atoms with Crippen LogP contribution in [-0.2, 0) is 9.53 Å². The van der Waals surface area contributed by atoms with Gasteiger partial charge in [0.25, 0.3) is 0 Å². The van der Waals surface area contributed by atoms with Crippen LogP contribution < -0.4 is 0 Å². The van der Waals surface area contributed by atoms with Crippen molar-refractivity contribution in [3.05, 3.63) is 0 Å². The number of likely N-dealkylation sites (tertiary alicyclic amines) is 2. The molecule has 0 aliphatic carbocycles. The van der Waals surface area contributed by atoms with E-state index in [1.807, 2.05) is 11.8 Å². The fourth-order valence-electron chi connectivity index (χ4n) is 3.04. The molecule has 0 aromatic rings. The molecule has 120 valence electrons. The number of hydrogen-bond acceptors (Lipinski definition) is 3. The average molecular weight is 298 g/mol. The Balaban J connectivity index is 1.82. The Morgan fingerprint density at radius 2 is 1.76 bits per heavy atom. The topological polar surface area (TPSA) is 70.1 Å². The van der Waals surface area contributed by atoms with E-state index in [0.717, 1.165) is 32.4 Å². The molecule has 0 unspecified atom stereocenters. The molecule has 0 atom stereocenters. The maximum atomic E-state index is 12.5. The molecular weight excluding hydrogens is 272 g/mol. The van der Waals surface area contributed by atoms with Crippen LogP contribution in [0.3, 0.4) is 0 Å². The van der Waals surface area contributed by atoms with Crippen LogP contribution in [-0.4, -0.2) is 65.3 Å². The predicted octanol–water partition coefficient (Wildman–Crippen LogP) is 1.79. The Morgan fingerprint density at radius 3 is 2.38 bits per heavy atom. The lowest BCUT2D eigenvalue weighted by molar-refractivity contribution is -0.160. The smallest absolute Gasteiger partial charge is 0.329 e. The van der Waals surface area contributed by atoms with Gasteiger partial charge in [0.05, 0.1) is 13.1 Å². The van der Waals surface area contributed by atoms with E-state index in [2.05, 4.69) is 13.8 Å². The summed E-state index contributed by atoms with van der Waals surface area (Å²) in [7, 11) is 0. The minimum absolute atomic E-state index is 0.0594. The molecule has 2 heterocycles. The van der Waals surface area contributed by atoms with Gasteiger partial charge in [-0.25, -0.2) is 9.59 Å². The minimum atomic E-state index is -0.976. The lowest BCUT2D eigenvalue weighted by atomic mass is 9.85. The standard InChI is InChI=1S/C15H26N2O4/c1-14(2)5-4-7-16(8-6-14)13(20)17-10-15(3,11-17)21-9-12(18)19/h4-11H2,1-3H3,(H,18,19). The Labute approximate surface area is 126 Å². The summed E-state index contributed by atoms with van der Waals surface area (Å²) in [6.45, 7) is 8.60. The number of carbonyl (C=O) groups is 2. The summed E-state index contributed by atoms with van der Waals surface area (Å²) in [4.78, 5) is 26.7. The molecule has 2 saturated heterocycles. The van der Waals surface area contributed by atoms with E-state index < -0.39 is 11.6 Å². The van der Waals surface area contributed by atoms with Crippen molar-refractivity contribution in [3.8, 4) is 0 Å². The number of carboxylic acids is 1. The molecule has 0 aromatic carbocycles. The van der Waals surface area contributed by atoms with Crippen molar-refractivity contribution in [1.29, 1.82) is 0 Å². The van der Waals surface area contributed by atoms with E-state index in [4.69, 9.17) is 9.84 Å². The number of nitrogens with zero attached hydrogens (tertiary/aromatic N) is 2. The van der Waals surface area contributed by atoms with Crippen LogP contribution in [0.1, 0.15) is 40.0 Å². The van der Waals surface area contributed by atoms with Gasteiger partial charge in [-0.15, -0.1) is 0 Å². The van der Waals surface area contributed by atoms with Gasteiger partial charge in [-0.05, 0) is 31.6 Å². The zero-order valence-corrected chi connectivity index (χ0v) is 13.2. The van der Waals surface area contributed by atoms with Crippen molar-refractivity contribution in [2.75, 3.05) is 32.8 Å². The monoisotopic (exact) mass is 298 g/mol. The van der Waals surface area contributed by atoms with Gasteiger partial charge < -0.3 is 19.6 Å². The second-order valence-electron chi connectivity index (χ2n) is 7.28. The molecule has 0 aromatic heterocycles. The molecule has 2 rings (SSSR count). The van der Waals surface area contributed by atoms with Gasteiger partial charge in [-0.1, -0.05) is 13.8 Å². The molecule has 1 N–H and O–H groups in total. The summed E-state index contributed by atoms with van der Waals surface area (Å²) in [6, 6.07) is 0.0594. The fourth-order valence-corrected chi connectivity index (χ4v) is 3.04. The molecule has 0 bridgehead atoms. The van der Waals surface area contributed by atoms with Crippen LogP contribution in [0, 0.1) is 5.41 Å². The first-order chi connectivity index (χ1) is 9.71. The number of carbonyl (C=O) groups excluding carboxylic acids is 1. The average Bonchev–Trinajstić information content (AvgIpc) is 2.53. The molecule has 2 fully saturated rings. The van der Waals surface area contributed by atoms with Crippen LogP contribution >= 0.6 is 0 Å². The number of carboxylic acid groups (broad SMARTS) is 1. The van der Waals surface area contributed by atoms with E-state index in [0.29, 0.717) is 18.5 Å². The van der Waals surface area contributed by atoms with Gasteiger partial charge >= 0.3 is 12.0 Å². The summed E-state index contributed by atoms with van der Waals surface area (Å²) >= 11 is 0. The van der Waals surface area contributed by atoms with Crippen LogP contribution in [0.15, 0.2) is 0 Å². The Bertz CT molecular complexity index is 416. The molecule has 6 heteroatoms. The van der Waals surface area contributed by atoms with E-state index in [-0.39, 0.29) is 12.6 Å². The Hall–Kier alpha value is -1.30. The lowest BCUT2D eigenvalue weighted by Gasteiger charge is -2.48. The number of ether oxygens (including phenoxy) is 1. The van der Waals surface area contributed by atoms with Crippen molar-refractivity contribution in [2.45, 2.75) is 45.6 Å². The largest absolute Gasteiger partial charge is 0.480 e. The van der Waals surface area contributed by atoms with Crippen LogP contribution in [0.2, 0.25) is 0 Å². The summed E-state index contributed by atoms with van der Waals surface area (Å²) in [5, 5.41) is 8.64. The SMILES string of the molecule is CC1(C)CCCN(C(=O)N2CC(C)(OCC(=O)O)C2)CC1. The molecule has 2 aliphatic rings. The maximum absolute atomic E-state index is 12.5. The molecule has 2 amide bonds. The second-order valence-corrected chi connectivity index (χ2v) is 7.28. The van der Waals surface area contributed by atoms with Crippen LogP contribution in [0.4, 0.5) is 4.79 Å². The Morgan fingerprint density at radius 1 is 1.10 bits per heavy atom.